The van der Waals surface area contributed by atoms with Crippen LogP contribution < -0.4 is 11.5 Å². The van der Waals surface area contributed by atoms with Gasteiger partial charge < -0.3 is 85.6 Å². The van der Waals surface area contributed by atoms with Gasteiger partial charge in [0.05, 0.1) is 41.5 Å². The van der Waals surface area contributed by atoms with Gasteiger partial charge in [-0.25, -0.2) is 38.6 Å². The minimum Gasteiger partial charge on any atom is -0.396 e. The summed E-state index contributed by atoms with van der Waals surface area (Å²) in [4.78, 5) is 109. The lowest BCUT2D eigenvalue weighted by atomic mass is 10.1. The molecule has 0 aliphatic carbocycles. The monoisotopic (exact) mass is 1090 g/mol. The highest BCUT2D eigenvalue weighted by Gasteiger charge is 2.58. The number of fused-ring (bicyclic) bond motifs is 1. The fourth-order valence-electron chi connectivity index (χ4n) is 4.76. The number of hydrogen-bond acceptors (Lipinski definition) is 23. The number of imidazole rings is 1. The van der Waals surface area contributed by atoms with Crippen molar-refractivity contribution >= 4 is 85.9 Å². The molecule has 2 unspecified atom stereocenters. The van der Waals surface area contributed by atoms with Gasteiger partial charge in [-0.1, -0.05) is 0 Å². The molecule has 65 heavy (non-hydrogen) atoms. The molecule has 372 valence electrons. The van der Waals surface area contributed by atoms with Crippen LogP contribution in [0.3, 0.4) is 0 Å². The van der Waals surface area contributed by atoms with E-state index in [-0.39, 0.29) is 29.8 Å². The molecule has 18 N–H and O–H groups in total. The SMILES string of the molecule is Cc1ncsc1CCO.Cc1ncsc1CCP(=O)(O)O.NCCC(O)(P(=O)(O)O)P(=O)(O)O.Nc1ncnc2c1ncn2[C@@H]1O[C@H](COP(=O)(O)OP(=O)(O)OP(=O)(O)O)[C@@H](O)[C@H]1O. The number of aliphatic hydroxyl groups is 4. The van der Waals surface area contributed by atoms with Gasteiger partial charge >= 0.3 is 46.3 Å². The molecule has 0 spiro atoms. The summed E-state index contributed by atoms with van der Waals surface area (Å²) in [5, 5.41) is 34.7. The summed E-state index contributed by atoms with van der Waals surface area (Å²) in [5.74, 6) is 0.0426. The first-order chi connectivity index (χ1) is 29.6. The number of phosphoric acid groups is 3. The lowest BCUT2D eigenvalue weighted by Crippen LogP contribution is -2.33. The molecule has 1 fully saturated rings. The zero-order valence-electron chi connectivity index (χ0n) is 33.2. The fourth-order valence-corrected chi connectivity index (χ4v) is 12.2. The Morgan fingerprint density at radius 3 is 1.75 bits per heavy atom. The first kappa shape index (κ1) is 59.4. The van der Waals surface area contributed by atoms with E-state index in [9.17, 15) is 42.5 Å². The molecule has 0 radical (unpaired) electrons. The number of nitrogen functional groups attached to an aromatic ring is 1. The van der Waals surface area contributed by atoms with Gasteiger partial charge in [-0.05, 0) is 26.8 Å². The Morgan fingerprint density at radius 1 is 0.785 bits per heavy atom. The van der Waals surface area contributed by atoms with Gasteiger partial charge in [0.25, 0.3) is 5.08 Å². The molecule has 0 amide bonds. The first-order valence-electron chi connectivity index (χ1n) is 17.3. The maximum Gasteiger partial charge on any atom is 0.490 e. The second kappa shape index (κ2) is 24.2. The van der Waals surface area contributed by atoms with E-state index in [0.29, 0.717) is 6.42 Å². The largest absolute Gasteiger partial charge is 0.490 e. The van der Waals surface area contributed by atoms with Crippen LogP contribution in [-0.2, 0) is 58.1 Å². The lowest BCUT2D eigenvalue weighted by Gasteiger charge is -2.28. The Balaban J connectivity index is 0.000000349. The first-order valence-corrected chi connectivity index (χ1v) is 28.6. The second-order valence-electron chi connectivity index (χ2n) is 12.8. The van der Waals surface area contributed by atoms with E-state index in [4.69, 9.17) is 70.5 Å². The minimum absolute atomic E-state index is 0.0426. The zero-order valence-corrected chi connectivity index (χ0v) is 40.2. The van der Waals surface area contributed by atoms with Crippen LogP contribution in [0.4, 0.5) is 5.82 Å². The summed E-state index contributed by atoms with van der Waals surface area (Å²) < 4.78 is 83.6. The van der Waals surface area contributed by atoms with Crippen LogP contribution in [0.25, 0.3) is 11.2 Å². The molecule has 1 aliphatic heterocycles. The van der Waals surface area contributed by atoms with Crippen LogP contribution in [0.5, 0.6) is 0 Å². The normalized spacial score (nSPS) is 20.1. The van der Waals surface area contributed by atoms with Crippen LogP contribution >= 0.6 is 68.9 Å². The molecule has 0 bridgehead atoms. The topological polar surface area (TPSA) is 544 Å². The van der Waals surface area contributed by atoms with E-state index in [1.165, 1.54) is 27.1 Å². The molecule has 0 aromatic carbocycles. The van der Waals surface area contributed by atoms with E-state index in [1.807, 2.05) is 13.8 Å². The predicted octanol–water partition coefficient (Wildman–Crippen LogP) is -1.13. The summed E-state index contributed by atoms with van der Waals surface area (Å²) >= 11 is 3.04. The third kappa shape index (κ3) is 18.6. The van der Waals surface area contributed by atoms with Gasteiger partial charge in [0, 0.05) is 29.2 Å². The van der Waals surface area contributed by atoms with Gasteiger partial charge in [0.15, 0.2) is 17.7 Å². The van der Waals surface area contributed by atoms with E-state index in [0.717, 1.165) is 29.0 Å². The molecular formula is C25H46N8O24P6S2. The Kier molecular flexibility index (Phi) is 22.1. The van der Waals surface area contributed by atoms with Crippen molar-refractivity contribution in [3.63, 3.8) is 0 Å². The molecule has 4 aromatic rings. The molecule has 40 heteroatoms. The number of anilines is 1. The second-order valence-corrected chi connectivity index (χ2v) is 24.8. The van der Waals surface area contributed by atoms with Crippen molar-refractivity contribution in [1.29, 1.82) is 0 Å². The number of hydrogen-bond donors (Lipinski definition) is 16. The molecule has 1 aliphatic rings. The average Bonchev–Trinajstić information content (AvgIpc) is 3.93. The van der Waals surface area contributed by atoms with Crippen LogP contribution in [0, 0.1) is 13.8 Å². The highest BCUT2D eigenvalue weighted by Crippen LogP contribution is 2.69. The Hall–Kier alpha value is -1.77. The van der Waals surface area contributed by atoms with E-state index in [1.54, 1.807) is 22.4 Å². The molecule has 32 nitrogen and oxygen atoms in total. The van der Waals surface area contributed by atoms with Crippen molar-refractivity contribution in [3.05, 3.63) is 44.8 Å². The third-order valence-electron chi connectivity index (χ3n) is 7.89. The van der Waals surface area contributed by atoms with E-state index in [2.05, 4.69) is 38.1 Å². The molecule has 4 aromatic heterocycles. The van der Waals surface area contributed by atoms with Crippen molar-refractivity contribution in [3.8, 4) is 0 Å². The molecule has 0 saturated carbocycles. The van der Waals surface area contributed by atoms with Crippen molar-refractivity contribution in [2.24, 2.45) is 5.73 Å². The van der Waals surface area contributed by atoms with Gasteiger partial charge in [-0.2, -0.15) is 8.62 Å². The average molecular weight is 1090 g/mol. The number of aliphatic hydroxyl groups excluding tert-OH is 3. The van der Waals surface area contributed by atoms with Gasteiger partial charge in [-0.3, -0.25) is 22.8 Å². The third-order valence-corrected chi connectivity index (χ3v) is 18.4. The molecular weight excluding hydrogens is 1050 g/mol. The Labute approximate surface area is 373 Å². The van der Waals surface area contributed by atoms with Crippen LogP contribution in [-0.4, -0.2) is 148 Å². The highest BCUT2D eigenvalue weighted by molar-refractivity contribution is 7.72. The van der Waals surface area contributed by atoms with Crippen molar-refractivity contribution < 1.29 is 115 Å². The maximum atomic E-state index is 11.8. The number of rotatable bonds is 17. The number of aromatic nitrogens is 6. The molecule has 5 rings (SSSR count). The number of nitrogens with zero attached hydrogens (tertiary/aromatic N) is 6. The summed E-state index contributed by atoms with van der Waals surface area (Å²) in [6.07, 6.45) is -3.49. The van der Waals surface area contributed by atoms with Crippen molar-refractivity contribution in [2.45, 2.75) is 62.7 Å². The Bertz CT molecular complexity index is 2430. The number of thiazole rings is 2. The smallest absolute Gasteiger partial charge is 0.396 e. The summed E-state index contributed by atoms with van der Waals surface area (Å²) in [6.45, 7) is 2.62. The van der Waals surface area contributed by atoms with E-state index < -0.39 is 95.5 Å². The van der Waals surface area contributed by atoms with Crippen LogP contribution in [0.1, 0.15) is 33.8 Å². The van der Waals surface area contributed by atoms with Crippen LogP contribution in [0.15, 0.2) is 23.7 Å². The maximum absolute atomic E-state index is 11.8. The van der Waals surface area contributed by atoms with Gasteiger partial charge in [0.1, 0.15) is 30.2 Å². The quantitative estimate of drug-likeness (QED) is 0.0556. The summed E-state index contributed by atoms with van der Waals surface area (Å²) in [7, 11) is -31.2. The summed E-state index contributed by atoms with van der Waals surface area (Å²) in [6, 6.07) is 0. The number of nitrogens with two attached hydrogens (primary N) is 2. The highest BCUT2D eigenvalue weighted by atomic mass is 32.1. The molecule has 1 saturated heterocycles. The van der Waals surface area contributed by atoms with Crippen molar-refractivity contribution in [1.82, 2.24) is 29.5 Å². The number of aryl methyl sites for hydroxylation is 3. The number of ether oxygens (including phenoxy) is 1. The summed E-state index contributed by atoms with van der Waals surface area (Å²) in [5.41, 5.74) is 16.3. The number of phosphoric ester groups is 1. The van der Waals surface area contributed by atoms with Gasteiger partial charge in [0.2, 0.25) is 0 Å². The lowest BCUT2D eigenvalue weighted by molar-refractivity contribution is -0.0503. The zero-order chi connectivity index (χ0) is 50.0. The molecule has 6 atom stereocenters. The fraction of sp³-hybridized carbons (Fsp3) is 0.560. The minimum atomic E-state index is -5.70. The molecule has 5 heterocycles. The van der Waals surface area contributed by atoms with Crippen molar-refractivity contribution in [2.75, 3.05) is 31.7 Å². The standard InChI is InChI=1S/C10H16N5O13P3.C6H10NO3PS.C6H9NOS.C3H11NO7P2/c11-8-5-9(13-2-12-8)15(3-14-5)10-7(17)6(16)4(26-10)1-25-30(21,22)28-31(23,24)27-29(18,19)20;1-5-6(12-4-7-5)2-3-11(8,9)10;1-5-6(2-3-8)9-4-7-5;4-2-1-3(5,12(6,7)8)13(9,10)11/h2-4,6-7,10,16-17H,1H2,(H,21,22)(H,23,24)(H2,11,12,13)(H2,18,19,20);4H,2-3H2,1H3,(H2,8,9,10);4,8H,2-3H2,1H3;5H,1-2,4H2,(H2,6,7,8)(H2,9,10,11)/t4-,6-,7-,10-;;;/m1.../s1. The predicted molar refractivity (Wildman–Crippen MR) is 223 cm³/mol. The van der Waals surface area contributed by atoms with Gasteiger partial charge in [-0.15, -0.1) is 22.7 Å². The van der Waals surface area contributed by atoms with E-state index >= 15 is 0 Å². The Morgan fingerprint density at radius 2 is 1.32 bits per heavy atom. The van der Waals surface area contributed by atoms with Crippen LogP contribution in [0.2, 0.25) is 0 Å².